The van der Waals surface area contributed by atoms with Crippen LogP contribution in [0.2, 0.25) is 0 Å². The van der Waals surface area contributed by atoms with E-state index in [-0.39, 0.29) is 11.0 Å². The summed E-state index contributed by atoms with van der Waals surface area (Å²) >= 11 is 0. The number of hydrogen-bond donors (Lipinski definition) is 2. The van der Waals surface area contributed by atoms with Crippen LogP contribution in [0.3, 0.4) is 0 Å². The Morgan fingerprint density at radius 3 is 2.75 bits per heavy atom. The van der Waals surface area contributed by atoms with Gasteiger partial charge in [0, 0.05) is 6.54 Å². The van der Waals surface area contributed by atoms with E-state index in [4.69, 9.17) is 9.52 Å². The van der Waals surface area contributed by atoms with Crippen molar-refractivity contribution in [3.8, 4) is 0 Å². The van der Waals surface area contributed by atoms with Gasteiger partial charge in [-0.25, -0.2) is 4.79 Å². The first-order valence-electron chi connectivity index (χ1n) is 6.65. The van der Waals surface area contributed by atoms with Crippen molar-refractivity contribution < 1.29 is 14.3 Å². The third-order valence-electron chi connectivity index (χ3n) is 3.67. The summed E-state index contributed by atoms with van der Waals surface area (Å²) in [6, 6.07) is 5.09. The molecule has 0 aliphatic rings. The van der Waals surface area contributed by atoms with Gasteiger partial charge in [0.05, 0.1) is 5.56 Å². The molecule has 5 heteroatoms. The Hall–Kier alpha value is -2.04. The lowest BCUT2D eigenvalue weighted by Crippen LogP contribution is -2.24. The molecular formula is C15H20N2O3. The van der Waals surface area contributed by atoms with Crippen LogP contribution < -0.4 is 5.32 Å². The van der Waals surface area contributed by atoms with E-state index in [9.17, 15) is 4.79 Å². The van der Waals surface area contributed by atoms with Gasteiger partial charge in [-0.2, -0.15) is 4.98 Å². The summed E-state index contributed by atoms with van der Waals surface area (Å²) in [4.78, 5) is 15.2. The fraction of sp³-hybridized carbons (Fsp3) is 0.467. The lowest BCUT2D eigenvalue weighted by Gasteiger charge is -2.26. The highest BCUT2D eigenvalue weighted by Gasteiger charge is 2.20. The number of carboxylic acids is 1. The number of oxazole rings is 1. The Kier molecular flexibility index (Phi) is 3.70. The molecule has 0 radical (unpaired) electrons. The van der Waals surface area contributed by atoms with Crippen LogP contribution in [0.1, 0.15) is 38.1 Å². The average Bonchev–Trinajstić information content (AvgIpc) is 2.76. The highest BCUT2D eigenvalue weighted by Crippen LogP contribution is 2.26. The molecule has 20 heavy (non-hydrogen) atoms. The highest BCUT2D eigenvalue weighted by atomic mass is 16.4. The number of rotatable bonds is 4. The van der Waals surface area contributed by atoms with Crippen molar-refractivity contribution in [2.24, 2.45) is 11.3 Å². The Bertz CT molecular complexity index is 626. The SMILES string of the molecule is CC(CNc1nc2ccc(C(=O)O)cc2o1)C(C)(C)C. The van der Waals surface area contributed by atoms with Crippen molar-refractivity contribution in [3.05, 3.63) is 23.8 Å². The Labute approximate surface area is 118 Å². The Morgan fingerprint density at radius 1 is 1.45 bits per heavy atom. The van der Waals surface area contributed by atoms with Crippen molar-refractivity contribution in [2.75, 3.05) is 11.9 Å². The predicted octanol–water partition coefficient (Wildman–Crippen LogP) is 3.62. The molecule has 0 fully saturated rings. The van der Waals surface area contributed by atoms with Gasteiger partial charge < -0.3 is 14.8 Å². The number of aromatic nitrogens is 1. The van der Waals surface area contributed by atoms with Crippen LogP contribution in [-0.2, 0) is 0 Å². The second kappa shape index (κ2) is 5.15. The Morgan fingerprint density at radius 2 is 2.15 bits per heavy atom. The molecule has 1 atom stereocenters. The first-order valence-corrected chi connectivity index (χ1v) is 6.65. The standard InChI is InChI=1S/C15H20N2O3/c1-9(15(2,3)4)8-16-14-17-11-6-5-10(13(18)19)7-12(11)20-14/h5-7,9H,8H2,1-4H3,(H,16,17)(H,18,19). The van der Waals surface area contributed by atoms with E-state index in [1.807, 2.05) is 0 Å². The highest BCUT2D eigenvalue weighted by molar-refractivity contribution is 5.92. The van der Waals surface area contributed by atoms with Crippen LogP contribution in [0, 0.1) is 11.3 Å². The van der Waals surface area contributed by atoms with Crippen LogP contribution in [0.5, 0.6) is 0 Å². The van der Waals surface area contributed by atoms with Crippen LogP contribution >= 0.6 is 0 Å². The third kappa shape index (κ3) is 3.10. The summed E-state index contributed by atoms with van der Waals surface area (Å²) in [5, 5.41) is 12.1. The van der Waals surface area contributed by atoms with Crippen molar-refractivity contribution in [2.45, 2.75) is 27.7 Å². The van der Waals surface area contributed by atoms with Crippen molar-refractivity contribution in [3.63, 3.8) is 0 Å². The van der Waals surface area contributed by atoms with Gasteiger partial charge in [0.15, 0.2) is 5.58 Å². The summed E-state index contributed by atoms with van der Waals surface area (Å²) in [5.74, 6) is -0.522. The molecule has 2 N–H and O–H groups in total. The maximum absolute atomic E-state index is 10.9. The number of hydrogen-bond acceptors (Lipinski definition) is 4. The summed E-state index contributed by atoms with van der Waals surface area (Å²) in [5.41, 5.74) is 1.54. The van der Waals surface area contributed by atoms with E-state index in [2.05, 4.69) is 38.0 Å². The molecular weight excluding hydrogens is 256 g/mol. The van der Waals surface area contributed by atoms with Gasteiger partial charge in [0.25, 0.3) is 6.01 Å². The first kappa shape index (κ1) is 14.4. The molecule has 108 valence electrons. The number of carboxylic acid groups (broad SMARTS) is 1. The van der Waals surface area contributed by atoms with E-state index in [1.165, 1.54) is 12.1 Å². The van der Waals surface area contributed by atoms with Gasteiger partial charge in [-0.3, -0.25) is 0 Å². The van der Waals surface area contributed by atoms with Gasteiger partial charge in [-0.05, 0) is 29.5 Å². The average molecular weight is 276 g/mol. The second-order valence-electron chi connectivity index (χ2n) is 6.15. The molecule has 0 saturated heterocycles. The molecule has 1 aromatic carbocycles. The lowest BCUT2D eigenvalue weighted by molar-refractivity contribution is 0.0697. The molecule has 2 aromatic rings. The normalized spacial score (nSPS) is 13.4. The topological polar surface area (TPSA) is 75.4 Å². The molecule has 1 heterocycles. The van der Waals surface area contributed by atoms with Crippen LogP contribution in [-0.4, -0.2) is 22.6 Å². The van der Waals surface area contributed by atoms with Crippen molar-refractivity contribution in [1.82, 2.24) is 4.98 Å². The smallest absolute Gasteiger partial charge is 0.335 e. The van der Waals surface area contributed by atoms with Gasteiger partial charge >= 0.3 is 5.97 Å². The monoisotopic (exact) mass is 276 g/mol. The van der Waals surface area contributed by atoms with Crippen LogP contribution in [0.15, 0.2) is 22.6 Å². The number of nitrogens with zero attached hydrogens (tertiary/aromatic N) is 1. The van der Waals surface area contributed by atoms with Gasteiger partial charge in [0.2, 0.25) is 0 Å². The largest absolute Gasteiger partial charge is 0.478 e. The second-order valence-corrected chi connectivity index (χ2v) is 6.15. The van der Waals surface area contributed by atoms with E-state index in [0.717, 1.165) is 6.54 Å². The summed E-state index contributed by atoms with van der Waals surface area (Å²) in [7, 11) is 0. The van der Waals surface area contributed by atoms with Crippen molar-refractivity contribution >= 4 is 23.1 Å². The number of nitrogens with one attached hydrogen (secondary N) is 1. The molecule has 0 spiro atoms. The van der Waals surface area contributed by atoms with Crippen LogP contribution in [0.25, 0.3) is 11.1 Å². The molecule has 0 saturated carbocycles. The van der Waals surface area contributed by atoms with E-state index in [0.29, 0.717) is 23.0 Å². The van der Waals surface area contributed by atoms with Gasteiger partial charge in [-0.15, -0.1) is 0 Å². The molecule has 0 bridgehead atoms. The first-order chi connectivity index (χ1) is 9.27. The minimum absolute atomic E-state index is 0.197. The number of benzene rings is 1. The molecule has 5 nitrogen and oxygen atoms in total. The molecule has 0 amide bonds. The maximum atomic E-state index is 10.9. The predicted molar refractivity (Wildman–Crippen MR) is 78.1 cm³/mol. The number of carbonyl (C=O) groups is 1. The van der Waals surface area contributed by atoms with E-state index in [1.54, 1.807) is 6.07 Å². The number of aromatic carboxylic acids is 1. The summed E-state index contributed by atoms with van der Waals surface area (Å²) in [6.45, 7) is 9.47. The summed E-state index contributed by atoms with van der Waals surface area (Å²) < 4.78 is 5.54. The minimum atomic E-state index is -0.973. The quantitative estimate of drug-likeness (QED) is 0.892. The van der Waals surface area contributed by atoms with Gasteiger partial charge in [-0.1, -0.05) is 27.7 Å². The van der Waals surface area contributed by atoms with Gasteiger partial charge in [0.1, 0.15) is 5.52 Å². The van der Waals surface area contributed by atoms with Crippen molar-refractivity contribution in [1.29, 1.82) is 0 Å². The molecule has 0 aliphatic heterocycles. The molecule has 2 rings (SSSR count). The third-order valence-corrected chi connectivity index (χ3v) is 3.67. The van der Waals surface area contributed by atoms with E-state index < -0.39 is 5.97 Å². The zero-order valence-corrected chi connectivity index (χ0v) is 12.2. The fourth-order valence-electron chi connectivity index (χ4n) is 1.68. The molecule has 1 unspecified atom stereocenters. The fourth-order valence-corrected chi connectivity index (χ4v) is 1.68. The number of fused-ring (bicyclic) bond motifs is 1. The molecule has 0 aliphatic carbocycles. The van der Waals surface area contributed by atoms with E-state index >= 15 is 0 Å². The zero-order chi connectivity index (χ0) is 14.9. The lowest BCUT2D eigenvalue weighted by atomic mass is 9.82. The maximum Gasteiger partial charge on any atom is 0.335 e. The summed E-state index contributed by atoms with van der Waals surface area (Å²) in [6.07, 6.45) is 0. The molecule has 1 aromatic heterocycles. The number of anilines is 1. The van der Waals surface area contributed by atoms with Crippen LogP contribution in [0.4, 0.5) is 6.01 Å². The minimum Gasteiger partial charge on any atom is -0.478 e. The zero-order valence-electron chi connectivity index (χ0n) is 12.2. The Balaban J connectivity index is 2.14.